The number of hydrogen-bond donors (Lipinski definition) is 2. The summed E-state index contributed by atoms with van der Waals surface area (Å²) in [5.41, 5.74) is 0.518. The van der Waals surface area contributed by atoms with E-state index in [9.17, 15) is 14.4 Å². The van der Waals surface area contributed by atoms with E-state index in [0.29, 0.717) is 17.7 Å². The van der Waals surface area contributed by atoms with E-state index in [4.69, 9.17) is 5.11 Å². The van der Waals surface area contributed by atoms with Crippen LogP contribution < -0.4 is 5.32 Å². The molecule has 0 radical (unpaired) electrons. The number of carboxylic acids is 1. The van der Waals surface area contributed by atoms with Gasteiger partial charge in [-0.3, -0.25) is 9.59 Å². The number of hydrogen-bond acceptors (Lipinski definition) is 5. The molecular formula is C15H19NO4S2. The van der Waals surface area contributed by atoms with Crippen molar-refractivity contribution in [3.05, 3.63) is 35.9 Å². The van der Waals surface area contributed by atoms with Gasteiger partial charge in [-0.15, -0.1) is 0 Å². The van der Waals surface area contributed by atoms with Gasteiger partial charge in [-0.05, 0) is 25.4 Å². The van der Waals surface area contributed by atoms with Gasteiger partial charge in [0.1, 0.15) is 6.04 Å². The average molecular weight is 341 g/mol. The van der Waals surface area contributed by atoms with Crippen LogP contribution in [0.3, 0.4) is 0 Å². The molecular weight excluding hydrogens is 322 g/mol. The van der Waals surface area contributed by atoms with Crippen molar-refractivity contribution in [2.75, 3.05) is 12.0 Å². The smallest absolute Gasteiger partial charge is 0.326 e. The molecule has 22 heavy (non-hydrogen) atoms. The largest absolute Gasteiger partial charge is 0.480 e. The zero-order valence-electron chi connectivity index (χ0n) is 12.4. The van der Waals surface area contributed by atoms with Crippen LogP contribution in [0.5, 0.6) is 0 Å². The monoisotopic (exact) mass is 341 g/mol. The number of carbonyl (C=O) groups is 3. The lowest BCUT2D eigenvalue weighted by atomic mass is 10.2. The van der Waals surface area contributed by atoms with Gasteiger partial charge in [0.05, 0.1) is 5.25 Å². The summed E-state index contributed by atoms with van der Waals surface area (Å²) in [6.45, 7) is 1.59. The Morgan fingerprint density at radius 1 is 1.23 bits per heavy atom. The Labute approximate surface area is 138 Å². The van der Waals surface area contributed by atoms with Crippen molar-refractivity contribution in [2.45, 2.75) is 24.6 Å². The lowest BCUT2D eigenvalue weighted by molar-refractivity contribution is -0.141. The van der Waals surface area contributed by atoms with Crippen LogP contribution in [-0.2, 0) is 9.59 Å². The number of carbonyl (C=O) groups excluding carboxylic acids is 2. The molecule has 1 aromatic rings. The third-order valence-corrected chi connectivity index (χ3v) is 4.55. The van der Waals surface area contributed by atoms with Gasteiger partial charge in [-0.1, -0.05) is 42.1 Å². The molecule has 1 amide bonds. The highest BCUT2D eigenvalue weighted by molar-refractivity contribution is 8.15. The standard InChI is InChI=1S/C15H19NO4S2/c1-10(22-15(20)11-6-4-3-5-7-11)13(17)16-12(14(18)19)8-9-21-2/h3-7,10,12H,8-9H2,1-2H3,(H,16,17)(H,18,19)/t10?,12-/m0/s1. The van der Waals surface area contributed by atoms with Gasteiger partial charge in [0.25, 0.3) is 0 Å². The van der Waals surface area contributed by atoms with Gasteiger partial charge in [-0.25, -0.2) is 4.79 Å². The van der Waals surface area contributed by atoms with Crippen LogP contribution in [0.1, 0.15) is 23.7 Å². The van der Waals surface area contributed by atoms with Gasteiger partial charge in [0, 0.05) is 5.56 Å². The summed E-state index contributed by atoms with van der Waals surface area (Å²) < 4.78 is 0. The van der Waals surface area contributed by atoms with Crippen LogP contribution in [0.15, 0.2) is 30.3 Å². The number of nitrogens with one attached hydrogen (secondary N) is 1. The number of rotatable bonds is 8. The van der Waals surface area contributed by atoms with Crippen molar-refractivity contribution in [2.24, 2.45) is 0 Å². The molecule has 1 rings (SSSR count). The summed E-state index contributed by atoms with van der Waals surface area (Å²) in [5.74, 6) is -0.862. The lowest BCUT2D eigenvalue weighted by Crippen LogP contribution is -2.44. The highest BCUT2D eigenvalue weighted by atomic mass is 32.2. The lowest BCUT2D eigenvalue weighted by Gasteiger charge is -2.17. The summed E-state index contributed by atoms with van der Waals surface area (Å²) in [6.07, 6.45) is 2.23. The normalized spacial score (nSPS) is 13.2. The molecule has 1 aromatic carbocycles. The molecule has 2 N–H and O–H groups in total. The number of aliphatic carboxylic acids is 1. The Kier molecular flexibility index (Phi) is 8.05. The molecule has 0 aromatic heterocycles. The fraction of sp³-hybridized carbons (Fsp3) is 0.400. The van der Waals surface area contributed by atoms with E-state index >= 15 is 0 Å². The Morgan fingerprint density at radius 3 is 2.41 bits per heavy atom. The van der Waals surface area contributed by atoms with E-state index in [0.717, 1.165) is 11.8 Å². The first-order valence-corrected chi connectivity index (χ1v) is 9.01. The highest BCUT2D eigenvalue weighted by Crippen LogP contribution is 2.18. The highest BCUT2D eigenvalue weighted by Gasteiger charge is 2.24. The summed E-state index contributed by atoms with van der Waals surface area (Å²) in [7, 11) is 0. The van der Waals surface area contributed by atoms with Gasteiger partial charge >= 0.3 is 5.97 Å². The van der Waals surface area contributed by atoms with E-state index in [-0.39, 0.29) is 5.12 Å². The fourth-order valence-electron chi connectivity index (χ4n) is 1.64. The summed E-state index contributed by atoms with van der Waals surface area (Å²) in [4.78, 5) is 35.2. The second kappa shape index (κ2) is 9.53. The van der Waals surface area contributed by atoms with E-state index < -0.39 is 23.2 Å². The van der Waals surface area contributed by atoms with E-state index in [1.54, 1.807) is 37.3 Å². The van der Waals surface area contributed by atoms with Crippen molar-refractivity contribution < 1.29 is 19.5 Å². The Bertz CT molecular complexity index is 522. The summed E-state index contributed by atoms with van der Waals surface area (Å²) in [6, 6.07) is 7.75. The average Bonchev–Trinajstić information content (AvgIpc) is 2.51. The molecule has 7 heteroatoms. The molecule has 5 nitrogen and oxygen atoms in total. The summed E-state index contributed by atoms with van der Waals surface area (Å²) in [5, 5.41) is 10.7. The molecule has 0 heterocycles. The zero-order chi connectivity index (χ0) is 16.5. The minimum Gasteiger partial charge on any atom is -0.480 e. The number of amides is 1. The molecule has 0 saturated heterocycles. The van der Waals surface area contributed by atoms with Gasteiger partial charge in [0.15, 0.2) is 0 Å². The van der Waals surface area contributed by atoms with Crippen LogP contribution in [0, 0.1) is 0 Å². The minimum atomic E-state index is -1.06. The Balaban J connectivity index is 2.57. The number of thioether (sulfide) groups is 2. The second-order valence-corrected chi connectivity index (χ2v) is 6.89. The maximum absolute atomic E-state index is 12.0. The second-order valence-electron chi connectivity index (χ2n) is 4.59. The van der Waals surface area contributed by atoms with Crippen LogP contribution in [-0.4, -0.2) is 45.4 Å². The number of benzene rings is 1. The van der Waals surface area contributed by atoms with Crippen molar-refractivity contribution in [1.29, 1.82) is 0 Å². The molecule has 1 unspecified atom stereocenters. The molecule has 0 spiro atoms. The molecule has 0 aliphatic rings. The zero-order valence-corrected chi connectivity index (χ0v) is 14.1. The Morgan fingerprint density at radius 2 is 1.86 bits per heavy atom. The van der Waals surface area contributed by atoms with E-state index in [2.05, 4.69) is 5.32 Å². The van der Waals surface area contributed by atoms with Crippen LogP contribution in [0.4, 0.5) is 0 Å². The van der Waals surface area contributed by atoms with E-state index in [1.165, 1.54) is 11.8 Å². The third kappa shape index (κ3) is 6.11. The topological polar surface area (TPSA) is 83.5 Å². The van der Waals surface area contributed by atoms with Crippen molar-refractivity contribution in [1.82, 2.24) is 5.32 Å². The predicted octanol–water partition coefficient (Wildman–Crippen LogP) is 2.27. The minimum absolute atomic E-state index is 0.209. The SMILES string of the molecule is CSCC[C@H](NC(=O)C(C)SC(=O)c1ccccc1)C(=O)O. The molecule has 0 aliphatic carbocycles. The van der Waals surface area contributed by atoms with Gasteiger partial charge in [-0.2, -0.15) is 11.8 Å². The van der Waals surface area contributed by atoms with Crippen molar-refractivity contribution in [3.8, 4) is 0 Å². The van der Waals surface area contributed by atoms with Crippen LogP contribution in [0.2, 0.25) is 0 Å². The third-order valence-electron chi connectivity index (χ3n) is 2.89. The maximum atomic E-state index is 12.0. The molecule has 120 valence electrons. The maximum Gasteiger partial charge on any atom is 0.326 e. The fourth-order valence-corrected chi connectivity index (χ4v) is 2.88. The first-order valence-electron chi connectivity index (χ1n) is 6.74. The van der Waals surface area contributed by atoms with Crippen molar-refractivity contribution in [3.63, 3.8) is 0 Å². The first kappa shape index (κ1) is 18.6. The molecule has 0 aliphatic heterocycles. The molecule has 0 fully saturated rings. The molecule has 2 atom stereocenters. The quantitative estimate of drug-likeness (QED) is 0.755. The van der Waals surface area contributed by atoms with E-state index in [1.807, 2.05) is 6.26 Å². The predicted molar refractivity (Wildman–Crippen MR) is 90.4 cm³/mol. The van der Waals surface area contributed by atoms with Crippen LogP contribution in [0.25, 0.3) is 0 Å². The molecule has 0 bridgehead atoms. The first-order chi connectivity index (χ1) is 10.5. The summed E-state index contributed by atoms with van der Waals surface area (Å²) >= 11 is 2.41. The molecule has 0 saturated carbocycles. The van der Waals surface area contributed by atoms with Crippen LogP contribution >= 0.6 is 23.5 Å². The Hall–Kier alpha value is -1.47. The number of carboxylic acid groups (broad SMARTS) is 1. The van der Waals surface area contributed by atoms with Crippen molar-refractivity contribution >= 4 is 40.5 Å². The van der Waals surface area contributed by atoms with Gasteiger partial charge in [0.2, 0.25) is 11.0 Å². The van der Waals surface area contributed by atoms with Gasteiger partial charge < -0.3 is 10.4 Å².